The highest BCUT2D eigenvalue weighted by atomic mass is 32.1. The van der Waals surface area contributed by atoms with Crippen molar-refractivity contribution in [2.75, 3.05) is 7.11 Å². The van der Waals surface area contributed by atoms with E-state index in [-0.39, 0.29) is 23.8 Å². The number of methoxy groups -OCH3 is 1. The Kier molecular flexibility index (Phi) is 7.84. The van der Waals surface area contributed by atoms with Gasteiger partial charge in [-0.2, -0.15) is 0 Å². The summed E-state index contributed by atoms with van der Waals surface area (Å²) < 4.78 is 4.88. The number of thiophene rings is 1. The third-order valence-electron chi connectivity index (χ3n) is 6.93. The molecule has 0 aliphatic heterocycles. The highest BCUT2D eigenvalue weighted by molar-refractivity contribution is 7.12. The lowest BCUT2D eigenvalue weighted by molar-refractivity contribution is -0.146. The van der Waals surface area contributed by atoms with E-state index in [2.05, 4.69) is 60.8 Å². The highest BCUT2D eigenvalue weighted by Gasteiger charge is 2.29. The van der Waals surface area contributed by atoms with Crippen molar-refractivity contribution in [3.8, 4) is 11.1 Å². The number of amides is 1. The molecular formula is C29H33NO3S. The molecular weight excluding hydrogens is 442 g/mol. The average molecular weight is 476 g/mol. The van der Waals surface area contributed by atoms with Gasteiger partial charge in [0.1, 0.15) is 0 Å². The maximum Gasteiger partial charge on any atom is 0.308 e. The molecule has 1 aliphatic rings. The Hall–Kier alpha value is -2.92. The lowest BCUT2D eigenvalue weighted by Gasteiger charge is -2.27. The van der Waals surface area contributed by atoms with E-state index in [1.165, 1.54) is 28.7 Å². The van der Waals surface area contributed by atoms with E-state index < -0.39 is 0 Å². The van der Waals surface area contributed by atoms with Crippen molar-refractivity contribution in [3.05, 3.63) is 81.0 Å². The number of aryl methyl sites for hydroxylation is 3. The molecule has 0 spiro atoms. The molecule has 1 heterocycles. The zero-order valence-corrected chi connectivity index (χ0v) is 21.0. The van der Waals surface area contributed by atoms with Gasteiger partial charge in [0.15, 0.2) is 0 Å². The summed E-state index contributed by atoms with van der Waals surface area (Å²) in [6.45, 7) is 4.16. The predicted octanol–water partition coefficient (Wildman–Crippen LogP) is 6.28. The SMILES string of the molecule is COC(=O)C1CCC(NC(=O)c2c(C)sc(C)c2CCc2ccc(-c3ccccc3)cc2)CC1. The minimum absolute atomic E-state index is 0.0257. The van der Waals surface area contributed by atoms with Crippen LogP contribution in [0.2, 0.25) is 0 Å². The van der Waals surface area contributed by atoms with Gasteiger partial charge in [0, 0.05) is 15.8 Å². The van der Waals surface area contributed by atoms with Crippen LogP contribution in [-0.2, 0) is 22.4 Å². The van der Waals surface area contributed by atoms with E-state index in [1.807, 2.05) is 13.0 Å². The quantitative estimate of drug-likeness (QED) is 0.409. The Bertz CT molecular complexity index is 1130. The molecule has 5 heteroatoms. The van der Waals surface area contributed by atoms with Gasteiger partial charge in [0.2, 0.25) is 0 Å². The van der Waals surface area contributed by atoms with Gasteiger partial charge in [-0.1, -0.05) is 54.6 Å². The van der Waals surface area contributed by atoms with Crippen LogP contribution in [0.15, 0.2) is 54.6 Å². The number of rotatable bonds is 7. The summed E-state index contributed by atoms with van der Waals surface area (Å²) in [5, 5.41) is 3.25. The molecule has 4 rings (SSSR count). The normalized spacial score (nSPS) is 17.9. The zero-order valence-electron chi connectivity index (χ0n) is 20.2. The first kappa shape index (κ1) is 24.2. The lowest BCUT2D eigenvalue weighted by atomic mass is 9.86. The number of carbonyl (C=O) groups excluding carboxylic acids is 2. The minimum atomic E-state index is -0.131. The van der Waals surface area contributed by atoms with Crippen molar-refractivity contribution >= 4 is 23.2 Å². The van der Waals surface area contributed by atoms with E-state index in [9.17, 15) is 9.59 Å². The molecule has 1 aliphatic carbocycles. The fraction of sp³-hybridized carbons (Fsp3) is 0.379. The molecule has 0 saturated heterocycles. The van der Waals surface area contributed by atoms with Crippen molar-refractivity contribution in [2.45, 2.75) is 58.4 Å². The molecule has 0 atom stereocenters. The molecule has 0 radical (unpaired) electrons. The second kappa shape index (κ2) is 11.0. The highest BCUT2D eigenvalue weighted by Crippen LogP contribution is 2.30. The number of carbonyl (C=O) groups is 2. The van der Waals surface area contributed by atoms with Crippen LogP contribution in [0.25, 0.3) is 11.1 Å². The smallest absolute Gasteiger partial charge is 0.308 e. The van der Waals surface area contributed by atoms with Gasteiger partial charge < -0.3 is 10.1 Å². The van der Waals surface area contributed by atoms with E-state index >= 15 is 0 Å². The van der Waals surface area contributed by atoms with Gasteiger partial charge >= 0.3 is 5.97 Å². The lowest BCUT2D eigenvalue weighted by Crippen LogP contribution is -2.39. The first-order valence-electron chi connectivity index (χ1n) is 12.1. The number of hydrogen-bond donors (Lipinski definition) is 1. The first-order valence-corrected chi connectivity index (χ1v) is 12.9. The number of hydrogen-bond acceptors (Lipinski definition) is 4. The van der Waals surface area contributed by atoms with Crippen molar-refractivity contribution in [3.63, 3.8) is 0 Å². The summed E-state index contributed by atoms with van der Waals surface area (Å²) in [7, 11) is 1.44. The van der Waals surface area contributed by atoms with E-state index in [1.54, 1.807) is 11.3 Å². The van der Waals surface area contributed by atoms with Crippen LogP contribution in [0.1, 0.15) is 56.9 Å². The summed E-state index contributed by atoms with van der Waals surface area (Å²) in [5.41, 5.74) is 5.72. The Balaban J connectivity index is 1.39. The maximum absolute atomic E-state index is 13.3. The molecule has 34 heavy (non-hydrogen) atoms. The topological polar surface area (TPSA) is 55.4 Å². The zero-order chi connectivity index (χ0) is 24.1. The molecule has 0 bridgehead atoms. The van der Waals surface area contributed by atoms with Crippen LogP contribution in [-0.4, -0.2) is 25.0 Å². The van der Waals surface area contributed by atoms with Crippen LogP contribution in [0.4, 0.5) is 0 Å². The Morgan fingerprint density at radius 1 is 0.882 bits per heavy atom. The third-order valence-corrected chi connectivity index (χ3v) is 8.00. The Labute approximate surface area is 206 Å². The van der Waals surface area contributed by atoms with Crippen LogP contribution in [0.5, 0.6) is 0 Å². The Morgan fingerprint density at radius 3 is 2.18 bits per heavy atom. The predicted molar refractivity (Wildman–Crippen MR) is 138 cm³/mol. The van der Waals surface area contributed by atoms with Gasteiger partial charge in [-0.3, -0.25) is 9.59 Å². The van der Waals surface area contributed by atoms with E-state index in [4.69, 9.17) is 4.74 Å². The minimum Gasteiger partial charge on any atom is -0.469 e. The number of benzene rings is 2. The number of esters is 1. The molecule has 1 saturated carbocycles. The molecule has 1 N–H and O–H groups in total. The molecule has 1 amide bonds. The second-order valence-corrected chi connectivity index (χ2v) is 10.6. The van der Waals surface area contributed by atoms with Gasteiger partial charge in [-0.25, -0.2) is 0 Å². The first-order chi connectivity index (χ1) is 16.5. The fourth-order valence-corrected chi connectivity index (χ4v) is 6.09. The summed E-state index contributed by atoms with van der Waals surface area (Å²) in [5.74, 6) is -0.141. The summed E-state index contributed by atoms with van der Waals surface area (Å²) in [6, 6.07) is 19.2. The van der Waals surface area contributed by atoms with Crippen LogP contribution < -0.4 is 5.32 Å². The van der Waals surface area contributed by atoms with Gasteiger partial charge in [-0.05, 0) is 74.6 Å². The molecule has 178 valence electrons. The number of ether oxygens (including phenoxy) is 1. The molecule has 1 aromatic heterocycles. The molecule has 1 fully saturated rings. The Morgan fingerprint density at radius 2 is 1.53 bits per heavy atom. The van der Waals surface area contributed by atoms with Gasteiger partial charge in [0.25, 0.3) is 5.91 Å². The van der Waals surface area contributed by atoms with Gasteiger partial charge in [0.05, 0.1) is 18.6 Å². The van der Waals surface area contributed by atoms with Crippen LogP contribution >= 0.6 is 11.3 Å². The molecule has 4 nitrogen and oxygen atoms in total. The summed E-state index contributed by atoms with van der Waals surface area (Å²) in [6.07, 6.45) is 4.92. The van der Waals surface area contributed by atoms with Crippen molar-refractivity contribution < 1.29 is 14.3 Å². The second-order valence-electron chi connectivity index (χ2n) is 9.18. The third kappa shape index (κ3) is 5.58. The molecule has 2 aromatic carbocycles. The monoisotopic (exact) mass is 475 g/mol. The fourth-order valence-electron chi connectivity index (χ4n) is 4.99. The molecule has 3 aromatic rings. The molecule has 0 unspecified atom stereocenters. The van der Waals surface area contributed by atoms with E-state index in [0.29, 0.717) is 0 Å². The maximum atomic E-state index is 13.3. The van der Waals surface area contributed by atoms with Crippen molar-refractivity contribution in [1.82, 2.24) is 5.32 Å². The summed E-state index contributed by atoms with van der Waals surface area (Å²) in [4.78, 5) is 27.3. The largest absolute Gasteiger partial charge is 0.469 e. The van der Waals surface area contributed by atoms with Crippen LogP contribution in [0, 0.1) is 19.8 Å². The van der Waals surface area contributed by atoms with Gasteiger partial charge in [-0.15, -0.1) is 11.3 Å². The van der Waals surface area contributed by atoms with Crippen LogP contribution in [0.3, 0.4) is 0 Å². The van der Waals surface area contributed by atoms with Crippen molar-refractivity contribution in [2.24, 2.45) is 5.92 Å². The van der Waals surface area contributed by atoms with E-state index in [0.717, 1.165) is 54.5 Å². The number of nitrogens with one attached hydrogen (secondary N) is 1. The summed E-state index contributed by atoms with van der Waals surface area (Å²) >= 11 is 1.71. The van der Waals surface area contributed by atoms with Crippen molar-refractivity contribution in [1.29, 1.82) is 0 Å². The standard InChI is InChI=1S/C29H33NO3S/c1-19-26(18-11-21-9-12-23(13-10-21)22-7-5-4-6-8-22)27(20(2)34-19)28(31)30-25-16-14-24(15-17-25)29(32)33-3/h4-10,12-13,24-25H,11,14-18H2,1-3H3,(H,30,31). The average Bonchev–Trinajstić information content (AvgIpc) is 3.16.